The van der Waals surface area contributed by atoms with E-state index >= 15 is 0 Å². The molecule has 0 aliphatic carbocycles. The summed E-state index contributed by atoms with van der Waals surface area (Å²) >= 11 is 0. The van der Waals surface area contributed by atoms with Crippen LogP contribution in [0.25, 0.3) is 33.1 Å². The number of rotatable bonds is 9. The highest BCUT2D eigenvalue weighted by Gasteiger charge is 2.12. The fourth-order valence-electron chi connectivity index (χ4n) is 4.11. The second-order valence-electron chi connectivity index (χ2n) is 8.89. The summed E-state index contributed by atoms with van der Waals surface area (Å²) in [5.74, 6) is -2.22. The van der Waals surface area contributed by atoms with E-state index in [1.807, 2.05) is 66.7 Å². The minimum absolute atomic E-state index is 0.0105. The van der Waals surface area contributed by atoms with E-state index in [4.69, 9.17) is 14.6 Å². The number of carbonyl (C=O) groups excluding carboxylic acids is 2. The molecule has 0 atom stereocenters. The van der Waals surface area contributed by atoms with E-state index in [9.17, 15) is 19.2 Å². The summed E-state index contributed by atoms with van der Waals surface area (Å²) in [5, 5.41) is 19.0. The van der Waals surface area contributed by atoms with Gasteiger partial charge >= 0.3 is 11.9 Å². The van der Waals surface area contributed by atoms with Crippen LogP contribution in [0.2, 0.25) is 0 Å². The Balaban J connectivity index is 0.000000181. The maximum atomic E-state index is 12.0. The Labute approximate surface area is 224 Å². The third-order valence-corrected chi connectivity index (χ3v) is 6.14. The lowest BCUT2D eigenvalue weighted by Gasteiger charge is -2.03. The van der Waals surface area contributed by atoms with E-state index in [1.54, 1.807) is 30.3 Å². The summed E-state index contributed by atoms with van der Waals surface area (Å²) in [6, 6.07) is 29.9. The van der Waals surface area contributed by atoms with Gasteiger partial charge in [0, 0.05) is 34.7 Å². The van der Waals surface area contributed by atoms with Crippen LogP contribution in [0.3, 0.4) is 0 Å². The Kier molecular flexibility index (Phi) is 8.64. The number of Topliss-reactive ketones (excluding diaryl/α,β-unsaturated/α-hetero) is 2. The summed E-state index contributed by atoms with van der Waals surface area (Å²) in [6.45, 7) is 0. The van der Waals surface area contributed by atoms with Gasteiger partial charge in [0.25, 0.3) is 0 Å². The number of carboxylic acid groups (broad SMARTS) is 2. The van der Waals surface area contributed by atoms with Crippen molar-refractivity contribution in [2.45, 2.75) is 25.7 Å². The van der Waals surface area contributed by atoms with E-state index in [-0.39, 0.29) is 37.2 Å². The molecular weight excluding hydrogens is 496 g/mol. The summed E-state index contributed by atoms with van der Waals surface area (Å²) in [5.41, 5.74) is 4.70. The van der Waals surface area contributed by atoms with Crippen molar-refractivity contribution in [1.82, 2.24) is 0 Å². The molecular formula is C32H26O7. The Morgan fingerprint density at radius 3 is 1.67 bits per heavy atom. The highest BCUT2D eigenvalue weighted by Crippen LogP contribution is 2.29. The largest absolute Gasteiger partial charge is 0.481 e. The number of benzene rings is 4. The van der Waals surface area contributed by atoms with Crippen LogP contribution in [0, 0.1) is 0 Å². The maximum Gasteiger partial charge on any atom is 0.303 e. The van der Waals surface area contributed by atoms with E-state index < -0.39 is 11.9 Å². The van der Waals surface area contributed by atoms with Gasteiger partial charge in [0.1, 0.15) is 11.2 Å². The first-order valence-electron chi connectivity index (χ1n) is 12.4. The molecule has 0 aliphatic rings. The molecule has 39 heavy (non-hydrogen) atoms. The van der Waals surface area contributed by atoms with Crippen molar-refractivity contribution in [1.29, 1.82) is 0 Å². The minimum atomic E-state index is -0.965. The summed E-state index contributed by atoms with van der Waals surface area (Å²) in [6.07, 6.45) is -0.223. The molecule has 0 fully saturated rings. The zero-order valence-electron chi connectivity index (χ0n) is 21.0. The molecule has 7 heteroatoms. The molecule has 0 bridgehead atoms. The van der Waals surface area contributed by atoms with Crippen LogP contribution < -0.4 is 0 Å². The van der Waals surface area contributed by atoms with Crippen LogP contribution in [0.4, 0.5) is 0 Å². The number of carboxylic acids is 2. The Hall–Kier alpha value is -5.04. The monoisotopic (exact) mass is 522 g/mol. The van der Waals surface area contributed by atoms with Crippen LogP contribution in [-0.4, -0.2) is 33.7 Å². The van der Waals surface area contributed by atoms with Gasteiger partial charge in [-0.3, -0.25) is 19.2 Å². The maximum absolute atomic E-state index is 12.0. The van der Waals surface area contributed by atoms with E-state index in [0.717, 1.165) is 33.1 Å². The molecule has 5 rings (SSSR count). The predicted molar refractivity (Wildman–Crippen MR) is 148 cm³/mol. The topological polar surface area (TPSA) is 122 Å². The van der Waals surface area contributed by atoms with Crippen LogP contribution >= 0.6 is 0 Å². The van der Waals surface area contributed by atoms with Crippen LogP contribution in [0.1, 0.15) is 46.4 Å². The summed E-state index contributed by atoms with van der Waals surface area (Å²) in [4.78, 5) is 44.6. The molecule has 0 saturated heterocycles. The molecule has 0 saturated carbocycles. The van der Waals surface area contributed by atoms with E-state index in [2.05, 4.69) is 0 Å². The lowest BCUT2D eigenvalue weighted by atomic mass is 10.0. The summed E-state index contributed by atoms with van der Waals surface area (Å²) in [7, 11) is 0. The van der Waals surface area contributed by atoms with Crippen molar-refractivity contribution in [2.75, 3.05) is 0 Å². The van der Waals surface area contributed by atoms with Crippen molar-refractivity contribution < 1.29 is 33.8 Å². The van der Waals surface area contributed by atoms with Gasteiger partial charge in [-0.15, -0.1) is 0 Å². The second-order valence-corrected chi connectivity index (χ2v) is 8.89. The first-order valence-corrected chi connectivity index (χ1v) is 12.4. The molecule has 0 amide bonds. The predicted octanol–water partition coefficient (Wildman–Crippen LogP) is 7.03. The average Bonchev–Trinajstić information content (AvgIpc) is 3.33. The van der Waals surface area contributed by atoms with E-state index in [0.29, 0.717) is 11.1 Å². The smallest absolute Gasteiger partial charge is 0.303 e. The number of aliphatic carboxylic acids is 2. The molecule has 0 spiro atoms. The van der Waals surface area contributed by atoms with Crippen LogP contribution in [0.15, 0.2) is 101 Å². The highest BCUT2D eigenvalue weighted by atomic mass is 16.4. The standard InChI is InChI=1S/C16H12O4.C16H14O3/c17-13(6-8-16(18)19)10-5-7-15-12(9-10)11-3-1-2-4-14(11)20-15;17-15(10-11-16(18)19)14-8-6-13(7-9-14)12-4-2-1-3-5-12/h1-5,7,9H,6,8H2,(H,18,19);1-9H,10-11H2,(H,18,19). The molecule has 1 heterocycles. The first-order chi connectivity index (χ1) is 18.8. The molecule has 7 nitrogen and oxygen atoms in total. The molecule has 0 unspecified atom stereocenters. The number of carbonyl (C=O) groups is 4. The number of furan rings is 1. The van der Waals surface area contributed by atoms with Crippen molar-refractivity contribution in [3.63, 3.8) is 0 Å². The Morgan fingerprint density at radius 2 is 1.03 bits per heavy atom. The third kappa shape index (κ3) is 7.05. The number of hydrogen-bond donors (Lipinski definition) is 2. The van der Waals surface area contributed by atoms with Crippen LogP contribution in [-0.2, 0) is 9.59 Å². The average molecular weight is 523 g/mol. The Morgan fingerprint density at radius 1 is 0.513 bits per heavy atom. The lowest BCUT2D eigenvalue weighted by Crippen LogP contribution is -2.03. The van der Waals surface area contributed by atoms with Gasteiger partial charge in [0.05, 0.1) is 12.8 Å². The molecule has 0 aliphatic heterocycles. The van der Waals surface area contributed by atoms with E-state index in [1.165, 1.54) is 0 Å². The normalized spacial score (nSPS) is 10.6. The van der Waals surface area contributed by atoms with Gasteiger partial charge < -0.3 is 14.6 Å². The second kappa shape index (κ2) is 12.5. The van der Waals surface area contributed by atoms with Gasteiger partial charge in [-0.25, -0.2) is 0 Å². The molecule has 2 N–H and O–H groups in total. The number of fused-ring (bicyclic) bond motifs is 3. The fraction of sp³-hybridized carbons (Fsp3) is 0.125. The zero-order chi connectivity index (χ0) is 27.8. The van der Waals surface area contributed by atoms with Crippen molar-refractivity contribution >= 4 is 45.4 Å². The van der Waals surface area contributed by atoms with Gasteiger partial charge in [-0.05, 0) is 35.4 Å². The number of para-hydroxylation sites is 1. The molecule has 196 valence electrons. The quantitative estimate of drug-likeness (QED) is 0.199. The molecule has 5 aromatic rings. The number of hydrogen-bond acceptors (Lipinski definition) is 5. The van der Waals surface area contributed by atoms with Gasteiger partial charge in [-0.1, -0.05) is 72.8 Å². The SMILES string of the molecule is O=C(O)CCC(=O)c1ccc(-c2ccccc2)cc1.O=C(O)CCC(=O)c1ccc2oc3ccccc3c2c1. The molecule has 1 aromatic heterocycles. The van der Waals surface area contributed by atoms with Crippen molar-refractivity contribution in [2.24, 2.45) is 0 Å². The Bertz CT molecular complexity index is 1630. The highest BCUT2D eigenvalue weighted by molar-refractivity contribution is 6.08. The van der Waals surface area contributed by atoms with Gasteiger partial charge in [0.15, 0.2) is 11.6 Å². The van der Waals surface area contributed by atoms with Crippen molar-refractivity contribution in [3.05, 3.63) is 108 Å². The van der Waals surface area contributed by atoms with Gasteiger partial charge in [-0.2, -0.15) is 0 Å². The molecule has 0 radical (unpaired) electrons. The lowest BCUT2D eigenvalue weighted by molar-refractivity contribution is -0.137. The molecule has 4 aromatic carbocycles. The van der Waals surface area contributed by atoms with Crippen LogP contribution in [0.5, 0.6) is 0 Å². The zero-order valence-corrected chi connectivity index (χ0v) is 21.0. The minimum Gasteiger partial charge on any atom is -0.481 e. The fourth-order valence-corrected chi connectivity index (χ4v) is 4.11. The first kappa shape index (κ1) is 27.0. The summed E-state index contributed by atoms with van der Waals surface area (Å²) < 4.78 is 5.68. The van der Waals surface area contributed by atoms with Crippen molar-refractivity contribution in [3.8, 4) is 11.1 Å². The number of ketones is 2. The van der Waals surface area contributed by atoms with Gasteiger partial charge in [0.2, 0.25) is 0 Å². The third-order valence-electron chi connectivity index (χ3n) is 6.14.